The van der Waals surface area contributed by atoms with Gasteiger partial charge in [0.15, 0.2) is 0 Å². The van der Waals surface area contributed by atoms with Crippen LogP contribution in [0.2, 0.25) is 5.02 Å². The van der Waals surface area contributed by atoms with Crippen LogP contribution in [0.15, 0.2) is 60.7 Å². The van der Waals surface area contributed by atoms with E-state index in [1.807, 2.05) is 73.3 Å². The number of carbonyl (C=O) groups is 2. The molecule has 5 rings (SSSR count). The number of fused-ring (bicyclic) bond motifs is 3. The van der Waals surface area contributed by atoms with Crippen LogP contribution < -0.4 is 15.5 Å². The minimum atomic E-state index is -0.158. The number of amides is 2. The van der Waals surface area contributed by atoms with Gasteiger partial charge in [-0.3, -0.25) is 9.59 Å². The highest BCUT2D eigenvalue weighted by molar-refractivity contribution is 6.30. The molecule has 0 bridgehead atoms. The first-order chi connectivity index (χ1) is 16.4. The van der Waals surface area contributed by atoms with Crippen LogP contribution in [-0.4, -0.2) is 24.9 Å². The number of nitrogens with one attached hydrogen (secondary N) is 2. The predicted molar refractivity (Wildman–Crippen MR) is 137 cm³/mol. The van der Waals surface area contributed by atoms with Gasteiger partial charge >= 0.3 is 0 Å². The van der Waals surface area contributed by atoms with Gasteiger partial charge in [-0.05, 0) is 98.3 Å². The first-order valence-electron chi connectivity index (χ1n) is 11.7. The zero-order valence-corrected chi connectivity index (χ0v) is 20.2. The molecule has 0 aliphatic carbocycles. The Bertz CT molecular complexity index is 1270. The molecule has 0 saturated carbocycles. The van der Waals surface area contributed by atoms with Gasteiger partial charge in [0.25, 0.3) is 11.8 Å². The lowest BCUT2D eigenvalue weighted by atomic mass is 9.92. The van der Waals surface area contributed by atoms with E-state index >= 15 is 0 Å². The molecule has 2 heterocycles. The number of anilines is 2. The van der Waals surface area contributed by atoms with Crippen molar-refractivity contribution in [3.63, 3.8) is 0 Å². The molecule has 3 aromatic rings. The van der Waals surface area contributed by atoms with Gasteiger partial charge in [-0.15, -0.1) is 0 Å². The predicted octanol–water partition coefficient (Wildman–Crippen LogP) is 5.91. The Morgan fingerprint density at radius 2 is 1.79 bits per heavy atom. The third-order valence-corrected chi connectivity index (χ3v) is 7.27. The normalized spacial score (nSPS) is 19.2. The van der Waals surface area contributed by atoms with Crippen molar-refractivity contribution in [1.29, 1.82) is 0 Å². The van der Waals surface area contributed by atoms with E-state index in [9.17, 15) is 9.59 Å². The average Bonchev–Trinajstić information content (AvgIpc) is 3.23. The summed E-state index contributed by atoms with van der Waals surface area (Å²) in [6, 6.07) is 19.0. The largest absolute Gasteiger partial charge is 0.322 e. The van der Waals surface area contributed by atoms with Crippen LogP contribution in [-0.2, 0) is 0 Å². The van der Waals surface area contributed by atoms with Crippen LogP contribution in [0.1, 0.15) is 56.3 Å². The minimum absolute atomic E-state index is 0.0298. The fourth-order valence-corrected chi connectivity index (χ4v) is 5.41. The number of nitrogens with zero attached hydrogens (tertiary/aromatic N) is 1. The van der Waals surface area contributed by atoms with Crippen molar-refractivity contribution in [3.05, 3.63) is 93.5 Å². The Labute approximate surface area is 205 Å². The molecule has 0 unspecified atom stereocenters. The number of hydrogen-bond acceptors (Lipinski definition) is 3. The van der Waals surface area contributed by atoms with Gasteiger partial charge < -0.3 is 15.5 Å². The lowest BCUT2D eigenvalue weighted by molar-refractivity contribution is 0.0984. The third kappa shape index (κ3) is 4.22. The minimum Gasteiger partial charge on any atom is -0.322 e. The van der Waals surface area contributed by atoms with Gasteiger partial charge in [0.05, 0.1) is 0 Å². The molecule has 0 spiro atoms. The van der Waals surface area contributed by atoms with Crippen molar-refractivity contribution in [2.75, 3.05) is 23.3 Å². The quantitative estimate of drug-likeness (QED) is 0.497. The Morgan fingerprint density at radius 1 is 0.971 bits per heavy atom. The SMILES string of the molecule is Cc1ccccc1C(=O)Nc1ccc(C(=O)N2CC[C@@H]3CCN[C@H]3c3cc(Cl)ccc32)c(C)c1. The van der Waals surface area contributed by atoms with Gasteiger partial charge in [-0.2, -0.15) is 0 Å². The zero-order valence-electron chi connectivity index (χ0n) is 19.4. The molecule has 0 aromatic heterocycles. The Hall–Kier alpha value is -3.15. The summed E-state index contributed by atoms with van der Waals surface area (Å²) in [6.07, 6.45) is 2.05. The number of carbonyl (C=O) groups excluding carboxylic acids is 2. The fraction of sp³-hybridized carbons (Fsp3) is 0.286. The standard InChI is InChI=1S/C28H28ClN3O2/c1-17-5-3-4-6-22(17)27(33)31-21-8-9-23(18(2)15-21)28(34)32-14-12-19-11-13-30-26(19)24-16-20(29)7-10-25(24)32/h3-10,15-16,19,26,30H,11-14H2,1-2H3,(H,31,33)/t19-,26+/m0/s1. The van der Waals surface area contributed by atoms with Crippen molar-refractivity contribution >= 4 is 34.8 Å². The highest BCUT2D eigenvalue weighted by Crippen LogP contribution is 2.42. The molecule has 2 N–H and O–H groups in total. The van der Waals surface area contributed by atoms with Crippen molar-refractivity contribution in [3.8, 4) is 0 Å². The molecular formula is C28H28ClN3O2. The maximum atomic E-state index is 13.7. The van der Waals surface area contributed by atoms with Crippen LogP contribution in [0.3, 0.4) is 0 Å². The second kappa shape index (κ2) is 9.24. The number of halogens is 1. The van der Waals surface area contributed by atoms with Gasteiger partial charge in [-0.1, -0.05) is 29.8 Å². The summed E-state index contributed by atoms with van der Waals surface area (Å²) in [5.41, 5.74) is 5.71. The van der Waals surface area contributed by atoms with Crippen LogP contribution >= 0.6 is 11.6 Å². The molecular weight excluding hydrogens is 446 g/mol. The number of rotatable bonds is 3. The van der Waals surface area contributed by atoms with E-state index in [0.29, 0.717) is 34.3 Å². The molecule has 2 atom stereocenters. The van der Waals surface area contributed by atoms with Crippen LogP contribution in [0.4, 0.5) is 11.4 Å². The van der Waals surface area contributed by atoms with Gasteiger partial charge in [0.1, 0.15) is 0 Å². The Kier molecular flexibility index (Phi) is 6.15. The summed E-state index contributed by atoms with van der Waals surface area (Å²) in [5, 5.41) is 7.24. The number of hydrogen-bond donors (Lipinski definition) is 2. The van der Waals surface area contributed by atoms with E-state index in [2.05, 4.69) is 10.6 Å². The lowest BCUT2D eigenvalue weighted by Gasteiger charge is -2.25. The summed E-state index contributed by atoms with van der Waals surface area (Å²) in [4.78, 5) is 28.3. The second-order valence-electron chi connectivity index (χ2n) is 9.23. The summed E-state index contributed by atoms with van der Waals surface area (Å²) >= 11 is 6.34. The molecule has 5 nitrogen and oxygen atoms in total. The van der Waals surface area contributed by atoms with E-state index in [0.717, 1.165) is 41.8 Å². The Morgan fingerprint density at radius 3 is 2.59 bits per heavy atom. The molecule has 2 amide bonds. The average molecular weight is 474 g/mol. The maximum Gasteiger partial charge on any atom is 0.258 e. The van der Waals surface area contributed by atoms with Gasteiger partial charge in [0, 0.05) is 40.1 Å². The molecule has 1 fully saturated rings. The van der Waals surface area contributed by atoms with E-state index in [1.54, 1.807) is 6.07 Å². The smallest absolute Gasteiger partial charge is 0.258 e. The van der Waals surface area contributed by atoms with Crippen LogP contribution in [0.5, 0.6) is 0 Å². The van der Waals surface area contributed by atoms with Crippen molar-refractivity contribution in [2.24, 2.45) is 5.92 Å². The van der Waals surface area contributed by atoms with Crippen molar-refractivity contribution < 1.29 is 9.59 Å². The fourth-order valence-electron chi connectivity index (χ4n) is 5.23. The monoisotopic (exact) mass is 473 g/mol. The van der Waals surface area contributed by atoms with Gasteiger partial charge in [0.2, 0.25) is 0 Å². The van der Waals surface area contributed by atoms with Crippen molar-refractivity contribution in [1.82, 2.24) is 5.32 Å². The summed E-state index contributed by atoms with van der Waals surface area (Å²) in [6.45, 7) is 5.48. The van der Waals surface area contributed by atoms with Gasteiger partial charge in [-0.25, -0.2) is 0 Å². The topological polar surface area (TPSA) is 61.4 Å². The lowest BCUT2D eigenvalue weighted by Crippen LogP contribution is -2.32. The van der Waals surface area contributed by atoms with Crippen molar-refractivity contribution in [2.45, 2.75) is 32.7 Å². The van der Waals surface area contributed by atoms with E-state index in [4.69, 9.17) is 11.6 Å². The number of benzene rings is 3. The molecule has 2 aliphatic heterocycles. The number of aryl methyl sites for hydroxylation is 2. The molecule has 174 valence electrons. The first kappa shape index (κ1) is 22.6. The van der Waals surface area contributed by atoms with Crippen LogP contribution in [0.25, 0.3) is 0 Å². The summed E-state index contributed by atoms with van der Waals surface area (Å²) in [5.74, 6) is 0.307. The third-order valence-electron chi connectivity index (χ3n) is 7.04. The highest BCUT2D eigenvalue weighted by atomic mass is 35.5. The molecule has 0 radical (unpaired) electrons. The molecule has 34 heavy (non-hydrogen) atoms. The summed E-state index contributed by atoms with van der Waals surface area (Å²) in [7, 11) is 0. The summed E-state index contributed by atoms with van der Waals surface area (Å²) < 4.78 is 0. The molecule has 1 saturated heterocycles. The van der Waals surface area contributed by atoms with E-state index in [-0.39, 0.29) is 17.9 Å². The highest BCUT2D eigenvalue weighted by Gasteiger charge is 2.36. The second-order valence-corrected chi connectivity index (χ2v) is 9.66. The molecule has 6 heteroatoms. The Balaban J connectivity index is 1.41. The first-order valence-corrected chi connectivity index (χ1v) is 12.1. The van der Waals surface area contributed by atoms with E-state index in [1.165, 1.54) is 0 Å². The van der Waals surface area contributed by atoms with E-state index < -0.39 is 0 Å². The maximum absolute atomic E-state index is 13.7. The molecule has 2 aliphatic rings. The zero-order chi connectivity index (χ0) is 23.8. The molecule has 3 aromatic carbocycles. The van der Waals surface area contributed by atoms with Crippen LogP contribution in [0, 0.1) is 19.8 Å².